The van der Waals surface area contributed by atoms with Crippen LogP contribution in [0.1, 0.15) is 6.42 Å². The normalized spacial score (nSPS) is 17.5. The Bertz CT molecular complexity index is 782. The van der Waals surface area contributed by atoms with Crippen LogP contribution in [-0.2, 0) is 9.59 Å². The zero-order chi connectivity index (χ0) is 18.0. The maximum absolute atomic E-state index is 13.0. The number of carbonyl (C=O) groups excluding carboxylic acids is 2. The first-order chi connectivity index (χ1) is 12.0. The molecule has 3 rings (SSSR count). The second kappa shape index (κ2) is 7.23. The van der Waals surface area contributed by atoms with Crippen LogP contribution < -0.4 is 4.90 Å². The van der Waals surface area contributed by atoms with Gasteiger partial charge in [0.25, 0.3) is 0 Å². The van der Waals surface area contributed by atoms with Crippen LogP contribution in [0.15, 0.2) is 42.5 Å². The molecule has 1 saturated heterocycles. The lowest BCUT2D eigenvalue weighted by atomic mass is 10.0. The standard InChI is InChI=1S/C20H25N3O2/c1-21(2)11-12-23-14-16(13-19(23)24)20(25)22(3)18-10-6-8-15-7-4-5-9-17(15)18/h4-10,16H,11-14H2,1-3H3. The van der Waals surface area contributed by atoms with E-state index >= 15 is 0 Å². The molecule has 1 heterocycles. The third kappa shape index (κ3) is 3.66. The number of nitrogens with zero attached hydrogens (tertiary/aromatic N) is 3. The molecule has 5 nitrogen and oxygen atoms in total. The van der Waals surface area contributed by atoms with Gasteiger partial charge in [-0.25, -0.2) is 0 Å². The van der Waals surface area contributed by atoms with Crippen molar-refractivity contribution in [2.45, 2.75) is 6.42 Å². The molecule has 2 aromatic rings. The summed E-state index contributed by atoms with van der Waals surface area (Å²) in [5, 5.41) is 2.16. The topological polar surface area (TPSA) is 43.9 Å². The van der Waals surface area contributed by atoms with Crippen molar-refractivity contribution in [3.8, 4) is 0 Å². The molecule has 25 heavy (non-hydrogen) atoms. The average Bonchev–Trinajstić information content (AvgIpc) is 2.99. The fourth-order valence-electron chi connectivity index (χ4n) is 3.37. The summed E-state index contributed by atoms with van der Waals surface area (Å²) < 4.78 is 0. The molecule has 0 spiro atoms. The zero-order valence-electron chi connectivity index (χ0n) is 15.1. The number of likely N-dealkylation sites (N-methyl/N-ethyl adjacent to an activating group) is 1. The molecule has 1 atom stereocenters. The second-order valence-electron chi connectivity index (χ2n) is 6.94. The number of amides is 2. The maximum Gasteiger partial charge on any atom is 0.232 e. The lowest BCUT2D eigenvalue weighted by Gasteiger charge is -2.23. The van der Waals surface area contributed by atoms with Gasteiger partial charge in [0.2, 0.25) is 11.8 Å². The molecule has 132 valence electrons. The van der Waals surface area contributed by atoms with Crippen LogP contribution in [0.5, 0.6) is 0 Å². The van der Waals surface area contributed by atoms with Gasteiger partial charge >= 0.3 is 0 Å². The molecule has 1 unspecified atom stereocenters. The summed E-state index contributed by atoms with van der Waals surface area (Å²) in [5.74, 6) is -0.179. The molecule has 0 aliphatic carbocycles. The minimum Gasteiger partial charge on any atom is -0.341 e. The zero-order valence-corrected chi connectivity index (χ0v) is 15.1. The molecule has 0 N–H and O–H groups in total. The van der Waals surface area contributed by atoms with Crippen LogP contribution in [0.3, 0.4) is 0 Å². The first kappa shape index (κ1) is 17.4. The molecule has 5 heteroatoms. The van der Waals surface area contributed by atoms with Gasteiger partial charge in [-0.2, -0.15) is 0 Å². The van der Waals surface area contributed by atoms with Gasteiger partial charge in [0.05, 0.1) is 11.6 Å². The first-order valence-corrected chi connectivity index (χ1v) is 8.65. The molecule has 0 saturated carbocycles. The SMILES string of the molecule is CN(C)CCN1CC(C(=O)N(C)c2cccc3ccccc23)CC1=O. The number of likely N-dealkylation sites (tertiary alicyclic amines) is 1. The van der Waals surface area contributed by atoms with E-state index in [2.05, 4.69) is 0 Å². The largest absolute Gasteiger partial charge is 0.341 e. The number of benzene rings is 2. The van der Waals surface area contributed by atoms with E-state index in [1.807, 2.05) is 61.5 Å². The van der Waals surface area contributed by atoms with Crippen LogP contribution in [0.4, 0.5) is 5.69 Å². The fourth-order valence-corrected chi connectivity index (χ4v) is 3.37. The number of rotatable bonds is 5. The molecule has 1 aliphatic rings. The van der Waals surface area contributed by atoms with Gasteiger partial charge in [-0.15, -0.1) is 0 Å². The number of hydrogen-bond donors (Lipinski definition) is 0. The van der Waals surface area contributed by atoms with Gasteiger partial charge in [0.15, 0.2) is 0 Å². The molecular formula is C20H25N3O2. The third-order valence-corrected chi connectivity index (χ3v) is 4.84. The van der Waals surface area contributed by atoms with Crippen molar-refractivity contribution in [2.24, 2.45) is 5.92 Å². The first-order valence-electron chi connectivity index (χ1n) is 8.65. The Balaban J connectivity index is 1.75. The highest BCUT2D eigenvalue weighted by molar-refractivity contribution is 6.05. The van der Waals surface area contributed by atoms with Gasteiger partial charge in [-0.1, -0.05) is 36.4 Å². The van der Waals surface area contributed by atoms with E-state index in [1.54, 1.807) is 16.8 Å². The van der Waals surface area contributed by atoms with Gasteiger partial charge in [0, 0.05) is 38.5 Å². The van der Waals surface area contributed by atoms with Crippen molar-refractivity contribution in [3.63, 3.8) is 0 Å². The predicted octanol–water partition coefficient (Wildman–Crippen LogP) is 2.21. The number of anilines is 1. The molecule has 0 bridgehead atoms. The molecule has 2 amide bonds. The minimum absolute atomic E-state index is 0.0112. The Morgan fingerprint density at radius 1 is 1.12 bits per heavy atom. The number of carbonyl (C=O) groups is 2. The Labute approximate surface area is 148 Å². The van der Waals surface area contributed by atoms with E-state index < -0.39 is 0 Å². The van der Waals surface area contributed by atoms with E-state index in [1.165, 1.54) is 0 Å². The summed E-state index contributed by atoms with van der Waals surface area (Å²) in [5.41, 5.74) is 0.891. The van der Waals surface area contributed by atoms with Crippen molar-refractivity contribution < 1.29 is 9.59 Å². The highest BCUT2D eigenvalue weighted by Crippen LogP contribution is 2.28. The van der Waals surface area contributed by atoms with Gasteiger partial charge in [-0.3, -0.25) is 9.59 Å². The molecular weight excluding hydrogens is 314 g/mol. The van der Waals surface area contributed by atoms with Crippen LogP contribution >= 0.6 is 0 Å². The van der Waals surface area contributed by atoms with E-state index in [-0.39, 0.29) is 17.7 Å². The quantitative estimate of drug-likeness (QED) is 0.839. The van der Waals surface area contributed by atoms with Crippen molar-refractivity contribution in [1.29, 1.82) is 0 Å². The van der Waals surface area contributed by atoms with Gasteiger partial charge in [-0.05, 0) is 25.5 Å². The van der Waals surface area contributed by atoms with Gasteiger partial charge in [0.1, 0.15) is 0 Å². The Hall–Kier alpha value is -2.40. The van der Waals surface area contributed by atoms with E-state index in [9.17, 15) is 9.59 Å². The number of fused-ring (bicyclic) bond motifs is 1. The monoisotopic (exact) mass is 339 g/mol. The summed E-state index contributed by atoms with van der Waals surface area (Å²) in [6.07, 6.45) is 0.307. The number of hydrogen-bond acceptors (Lipinski definition) is 3. The Kier molecular flexibility index (Phi) is 5.04. The summed E-state index contributed by atoms with van der Waals surface area (Å²) in [4.78, 5) is 30.7. The van der Waals surface area contributed by atoms with Crippen LogP contribution in [0.25, 0.3) is 10.8 Å². The average molecular weight is 339 g/mol. The molecule has 0 aromatic heterocycles. The highest BCUT2D eigenvalue weighted by Gasteiger charge is 2.36. The van der Waals surface area contributed by atoms with Gasteiger partial charge < -0.3 is 14.7 Å². The summed E-state index contributed by atoms with van der Waals surface area (Å²) in [6.45, 7) is 2.00. The summed E-state index contributed by atoms with van der Waals surface area (Å²) in [6, 6.07) is 14.0. The Morgan fingerprint density at radius 2 is 1.84 bits per heavy atom. The van der Waals surface area contributed by atoms with Crippen LogP contribution in [-0.4, -0.2) is 62.4 Å². The second-order valence-corrected chi connectivity index (χ2v) is 6.94. The fraction of sp³-hybridized carbons (Fsp3) is 0.400. The van der Waals surface area contributed by atoms with Crippen molar-refractivity contribution in [2.75, 3.05) is 45.7 Å². The molecule has 1 fully saturated rings. The molecule has 0 radical (unpaired) electrons. The summed E-state index contributed by atoms with van der Waals surface area (Å²) in [7, 11) is 5.77. The lowest BCUT2D eigenvalue weighted by Crippen LogP contribution is -2.36. The van der Waals surface area contributed by atoms with Crippen molar-refractivity contribution >= 4 is 28.3 Å². The predicted molar refractivity (Wildman–Crippen MR) is 101 cm³/mol. The van der Waals surface area contributed by atoms with E-state index in [0.717, 1.165) is 23.0 Å². The van der Waals surface area contributed by atoms with Crippen LogP contribution in [0, 0.1) is 5.92 Å². The molecule has 1 aliphatic heterocycles. The smallest absolute Gasteiger partial charge is 0.232 e. The summed E-state index contributed by atoms with van der Waals surface area (Å²) >= 11 is 0. The maximum atomic E-state index is 13.0. The van der Waals surface area contributed by atoms with Crippen LogP contribution in [0.2, 0.25) is 0 Å². The van der Waals surface area contributed by atoms with Crippen molar-refractivity contribution in [1.82, 2.24) is 9.80 Å². The Morgan fingerprint density at radius 3 is 2.60 bits per heavy atom. The molecule has 2 aromatic carbocycles. The van der Waals surface area contributed by atoms with Crippen molar-refractivity contribution in [3.05, 3.63) is 42.5 Å². The van der Waals surface area contributed by atoms with E-state index in [0.29, 0.717) is 19.5 Å². The lowest BCUT2D eigenvalue weighted by molar-refractivity contribution is -0.128. The third-order valence-electron chi connectivity index (χ3n) is 4.84. The highest BCUT2D eigenvalue weighted by atomic mass is 16.2. The minimum atomic E-state index is -0.265. The van der Waals surface area contributed by atoms with E-state index in [4.69, 9.17) is 0 Å².